The van der Waals surface area contributed by atoms with E-state index in [1.165, 1.54) is 43.7 Å². The van der Waals surface area contributed by atoms with Gasteiger partial charge in [0.05, 0.1) is 12.2 Å². The topological polar surface area (TPSA) is 318 Å². The van der Waals surface area contributed by atoms with Gasteiger partial charge < -0.3 is 67.0 Å². The third-order valence-electron chi connectivity index (χ3n) is 15.9. The van der Waals surface area contributed by atoms with Gasteiger partial charge >= 0.3 is 29.9 Å². The second-order valence-electron chi connectivity index (χ2n) is 22.0. The van der Waals surface area contributed by atoms with E-state index in [1.807, 2.05) is 12.2 Å². The molecule has 7 rings (SSSR count). The lowest BCUT2D eigenvalue weighted by atomic mass is 9.61. The number of primary amides is 1. The van der Waals surface area contributed by atoms with Crippen molar-refractivity contribution >= 4 is 41.6 Å². The number of halogens is 2. The molecule has 0 spiro atoms. The molecule has 0 radical (unpaired) electrons. The minimum Gasteiger partial charge on any atom is -0.446 e. The summed E-state index contributed by atoms with van der Waals surface area (Å²) in [7, 11) is 0. The highest BCUT2D eigenvalue weighted by atomic mass is 19.3. The van der Waals surface area contributed by atoms with Gasteiger partial charge in [-0.3, -0.25) is 14.2 Å². The van der Waals surface area contributed by atoms with Crippen molar-refractivity contribution in [2.45, 2.75) is 159 Å². The van der Waals surface area contributed by atoms with E-state index in [-0.39, 0.29) is 55.4 Å². The summed E-state index contributed by atoms with van der Waals surface area (Å²) >= 11 is 0. The molecule has 5 amide bonds. The standard InChI is InChI=1S/C55H74F2N8O13/c1-30(10-21-41(66)34-14-15-34)38-19-20-39-33(8-6-23-54(38,39)5)13-16-35-26-37(27-42(67)31(35)2)77-51(73)64-53(3,4)47(70)62-40(9-7-24-60-49(59)71)46(69)61-36-17-11-32(12-18-36)28-75-52(74)76-29-43-45(68)55(56,57)48(78-43)65-25-22-44(58)63-50(65)72/h10-13,16-18,21-22,25,30,34,37-43,45,48,66-68H,2,6-9,14-15,19-20,23-24,26-29H2,1,3-5H3,(H,61,69)(H,62,70)(H,64,73)(H2,58,63,72)(H3,59,60,71)/b21-10+,33-13+,35-16-/t30-,37+,38?,39?,40?,41?,42-,43?,45?,48?,54+/m0/s1. The molecule has 4 aliphatic carbocycles. The number of carbonyl (C=O) groups is 5. The van der Waals surface area contributed by atoms with Crippen molar-refractivity contribution in [3.8, 4) is 0 Å². The number of rotatable bonds is 20. The monoisotopic (exact) mass is 1090 g/mol. The molecule has 5 fully saturated rings. The summed E-state index contributed by atoms with van der Waals surface area (Å²) in [4.78, 5) is 80.2. The molecule has 21 nitrogen and oxygen atoms in total. The highest BCUT2D eigenvalue weighted by molar-refractivity contribution is 5.99. The maximum atomic E-state index is 14.9. The first-order valence-corrected chi connectivity index (χ1v) is 26.6. The number of carbonyl (C=O) groups excluding carboxylic acids is 5. The summed E-state index contributed by atoms with van der Waals surface area (Å²) in [5.74, 6) is -3.92. The molecule has 1 aromatic carbocycles. The molecule has 5 aliphatic rings. The SMILES string of the molecule is C=C1/C(=C\C=C2/CCC[C@@]3(C)C2CCC3[C@@H](C)/C=C/C(O)C2CC2)C[C@@H](OC(=O)NC(C)(C)C(=O)NC(CCCNC(N)=O)C(=O)Nc2ccc(COC(=O)OCC3OC(n4ccc(N)nc4=O)C(F)(F)C3O)cc2)C[C@@H]1O. The lowest BCUT2D eigenvalue weighted by Crippen LogP contribution is -2.58. The van der Waals surface area contributed by atoms with E-state index in [1.54, 1.807) is 0 Å². The van der Waals surface area contributed by atoms with Crippen molar-refractivity contribution in [3.05, 3.63) is 100 Å². The number of amides is 5. The fourth-order valence-corrected chi connectivity index (χ4v) is 11.3. The first-order chi connectivity index (χ1) is 36.9. The van der Waals surface area contributed by atoms with Crippen molar-refractivity contribution in [3.63, 3.8) is 0 Å². The smallest absolute Gasteiger partial charge is 0.446 e. The molecule has 11 N–H and O–H groups in total. The number of anilines is 2. The minimum atomic E-state index is -3.97. The lowest BCUT2D eigenvalue weighted by molar-refractivity contribution is -0.141. The van der Waals surface area contributed by atoms with Gasteiger partial charge in [0.2, 0.25) is 18.0 Å². The predicted molar refractivity (Wildman–Crippen MR) is 281 cm³/mol. The van der Waals surface area contributed by atoms with Gasteiger partial charge in [0.15, 0.2) is 6.10 Å². The van der Waals surface area contributed by atoms with Crippen LogP contribution in [0.2, 0.25) is 0 Å². The van der Waals surface area contributed by atoms with Gasteiger partial charge in [-0.2, -0.15) is 13.8 Å². The molecule has 2 aromatic rings. The number of aliphatic hydroxyl groups is 3. The van der Waals surface area contributed by atoms with Crippen molar-refractivity contribution in [2.75, 3.05) is 24.2 Å². The third kappa shape index (κ3) is 14.5. The molecule has 1 aliphatic heterocycles. The fraction of sp³-hybridized carbons (Fsp3) is 0.582. The Hall–Kier alpha value is -6.69. The molecule has 11 atom stereocenters. The second kappa shape index (κ2) is 25.0. The van der Waals surface area contributed by atoms with Crippen LogP contribution in [0.5, 0.6) is 0 Å². The minimum absolute atomic E-state index is 0.0300. The summed E-state index contributed by atoms with van der Waals surface area (Å²) in [6.45, 7) is 10.6. The first kappa shape index (κ1) is 59.0. The van der Waals surface area contributed by atoms with E-state index in [0.717, 1.165) is 62.8 Å². The van der Waals surface area contributed by atoms with Crippen LogP contribution in [0.4, 0.5) is 34.7 Å². The molecule has 426 valence electrons. The van der Waals surface area contributed by atoms with Crippen LogP contribution in [0.1, 0.15) is 110 Å². The molecular formula is C55H74F2N8O13. The molecule has 1 aromatic heterocycles. The molecule has 7 unspecified atom stereocenters. The number of hydrogen-bond donors (Lipinski definition) is 9. The van der Waals surface area contributed by atoms with Crippen molar-refractivity contribution in [2.24, 2.45) is 34.8 Å². The fourth-order valence-electron chi connectivity index (χ4n) is 11.3. The van der Waals surface area contributed by atoms with Crippen LogP contribution in [0.15, 0.2) is 88.9 Å². The molecule has 4 saturated carbocycles. The van der Waals surface area contributed by atoms with Crippen molar-refractivity contribution in [1.29, 1.82) is 0 Å². The van der Waals surface area contributed by atoms with E-state index in [0.29, 0.717) is 45.8 Å². The van der Waals surface area contributed by atoms with Crippen LogP contribution in [0.3, 0.4) is 0 Å². The number of aliphatic hydroxyl groups excluding tert-OH is 3. The number of nitrogens with two attached hydrogens (primary N) is 2. The molecule has 0 bridgehead atoms. The Balaban J connectivity index is 0.896. The average Bonchev–Trinajstić information content (AvgIpc) is 4.20. The zero-order valence-electron chi connectivity index (χ0n) is 44.5. The number of benzene rings is 1. The maximum Gasteiger partial charge on any atom is 0.508 e. The number of nitrogens with one attached hydrogen (secondary N) is 4. The Morgan fingerprint density at radius 2 is 1.78 bits per heavy atom. The number of fused-ring (bicyclic) bond motifs is 1. The largest absolute Gasteiger partial charge is 0.508 e. The maximum absolute atomic E-state index is 14.9. The Morgan fingerprint density at radius 1 is 1.05 bits per heavy atom. The number of alkyl carbamates (subject to hydrolysis) is 1. The summed E-state index contributed by atoms with van der Waals surface area (Å²) in [6, 6.07) is 5.08. The van der Waals surface area contributed by atoms with E-state index < -0.39 is 90.5 Å². The number of ether oxygens (including phenoxy) is 4. The van der Waals surface area contributed by atoms with E-state index in [9.17, 15) is 52.9 Å². The van der Waals surface area contributed by atoms with E-state index in [4.69, 9.17) is 30.4 Å². The van der Waals surface area contributed by atoms with Crippen LogP contribution in [0.25, 0.3) is 0 Å². The summed E-state index contributed by atoms with van der Waals surface area (Å²) in [6.07, 6.45) is 6.78. The van der Waals surface area contributed by atoms with Gasteiger partial charge in [0.1, 0.15) is 42.8 Å². The number of nitrogens with zero attached hydrogens (tertiary/aromatic N) is 2. The van der Waals surface area contributed by atoms with Crippen molar-refractivity contribution in [1.82, 2.24) is 25.5 Å². The number of nitrogen functional groups attached to an aromatic ring is 1. The van der Waals surface area contributed by atoms with Gasteiger partial charge in [-0.15, -0.1) is 0 Å². The van der Waals surface area contributed by atoms with Crippen LogP contribution < -0.4 is 38.4 Å². The number of alkyl halides is 2. The van der Waals surface area contributed by atoms with Crippen molar-refractivity contribution < 1.29 is 67.0 Å². The van der Waals surface area contributed by atoms with Gasteiger partial charge in [0.25, 0.3) is 0 Å². The molecule has 23 heteroatoms. The summed E-state index contributed by atoms with van der Waals surface area (Å²) in [5.41, 5.74) is 11.4. The third-order valence-corrected chi connectivity index (χ3v) is 15.9. The lowest BCUT2D eigenvalue weighted by Gasteiger charge is -2.44. The van der Waals surface area contributed by atoms with Gasteiger partial charge in [-0.1, -0.05) is 62.4 Å². The quantitative estimate of drug-likeness (QED) is 0.0445. The zero-order valence-corrected chi connectivity index (χ0v) is 44.5. The van der Waals surface area contributed by atoms with Gasteiger partial charge in [-0.25, -0.2) is 19.2 Å². The zero-order chi connectivity index (χ0) is 56.7. The van der Waals surface area contributed by atoms with Crippen LogP contribution >= 0.6 is 0 Å². The van der Waals surface area contributed by atoms with Gasteiger partial charge in [0, 0.05) is 31.3 Å². The van der Waals surface area contributed by atoms with E-state index in [2.05, 4.69) is 58.8 Å². The molecule has 78 heavy (non-hydrogen) atoms. The number of aromatic nitrogens is 2. The Bertz CT molecular complexity index is 2690. The first-order valence-electron chi connectivity index (χ1n) is 26.6. The number of hydrogen-bond acceptors (Lipinski definition) is 15. The summed E-state index contributed by atoms with van der Waals surface area (Å²) in [5, 5.41) is 42.2. The van der Waals surface area contributed by atoms with E-state index >= 15 is 0 Å². The number of allylic oxidation sites excluding steroid dienone is 4. The predicted octanol–water partition coefficient (Wildman–Crippen LogP) is 5.56. The number of urea groups is 1. The van der Waals surface area contributed by atoms with Gasteiger partial charge in [-0.05, 0) is 136 Å². The highest BCUT2D eigenvalue weighted by Crippen LogP contribution is 2.59. The van der Waals surface area contributed by atoms with Crippen LogP contribution in [0, 0.1) is 29.1 Å². The normalized spacial score (nSPS) is 28.1. The Labute approximate surface area is 451 Å². The average molecular weight is 1090 g/mol. The summed E-state index contributed by atoms with van der Waals surface area (Å²) < 4.78 is 51.2. The Kier molecular flexibility index (Phi) is 18.9. The van der Waals surface area contributed by atoms with Crippen LogP contribution in [-0.4, -0.2) is 116 Å². The van der Waals surface area contributed by atoms with Crippen LogP contribution in [-0.2, 0) is 35.1 Å². The Morgan fingerprint density at radius 3 is 2.47 bits per heavy atom. The molecule has 1 saturated heterocycles. The molecule has 2 heterocycles. The highest BCUT2D eigenvalue weighted by Gasteiger charge is 2.60. The second-order valence-corrected chi connectivity index (χ2v) is 22.0. The molecular weight excluding hydrogens is 1020 g/mol.